The third-order valence-corrected chi connectivity index (χ3v) is 3.37. The molecular weight excluding hydrogens is 236 g/mol. The molecule has 17 heavy (non-hydrogen) atoms. The van der Waals surface area contributed by atoms with Gasteiger partial charge in [-0.05, 0) is 12.1 Å². The molecule has 5 nitrogen and oxygen atoms in total. The molecule has 0 aliphatic heterocycles. The molecule has 0 fully saturated rings. The van der Waals surface area contributed by atoms with Crippen LogP contribution in [0.15, 0.2) is 30.6 Å². The molecule has 2 heterocycles. The minimum Gasteiger partial charge on any atom is -0.290 e. The summed E-state index contributed by atoms with van der Waals surface area (Å²) in [6.07, 6.45) is 1.58. The lowest BCUT2D eigenvalue weighted by atomic mass is 10.3. The largest absolute Gasteiger partial charge is 0.290 e. The Morgan fingerprint density at radius 1 is 1.35 bits per heavy atom. The van der Waals surface area contributed by atoms with Crippen LogP contribution in [0.5, 0.6) is 0 Å². The van der Waals surface area contributed by atoms with Gasteiger partial charge in [0, 0.05) is 0 Å². The van der Waals surface area contributed by atoms with Gasteiger partial charge in [-0.1, -0.05) is 12.1 Å². The number of aromatic nitrogens is 4. The molecule has 0 bridgehead atoms. The second-order valence-electron chi connectivity index (χ2n) is 3.51. The van der Waals surface area contributed by atoms with Crippen LogP contribution < -0.4 is 0 Å². The molecule has 0 saturated heterocycles. The molecule has 0 aliphatic rings. The number of carbonyl (C=O) groups excluding carboxylic acids is 1. The molecule has 0 amide bonds. The fourth-order valence-corrected chi connectivity index (χ4v) is 2.52. The molecule has 3 rings (SSSR count). The summed E-state index contributed by atoms with van der Waals surface area (Å²) < 4.78 is 1.09. The van der Waals surface area contributed by atoms with Crippen molar-refractivity contribution in [1.82, 2.24) is 20.2 Å². The number of rotatable bonds is 3. The third-order valence-electron chi connectivity index (χ3n) is 2.33. The highest BCUT2D eigenvalue weighted by Crippen LogP contribution is 2.22. The number of H-pyrrole nitrogens is 1. The number of hydrogen-bond acceptors (Lipinski definition) is 5. The smallest absolute Gasteiger partial charge is 0.206 e. The number of hydrogen-bond donors (Lipinski definition) is 1. The maximum atomic E-state index is 11.8. The monoisotopic (exact) mass is 244 g/mol. The SMILES string of the molecule is O=C(Cc1nc2ccccc2s1)c1ncn[nH]1. The van der Waals surface area contributed by atoms with Gasteiger partial charge in [-0.15, -0.1) is 11.3 Å². The lowest BCUT2D eigenvalue weighted by Crippen LogP contribution is -2.05. The van der Waals surface area contributed by atoms with Gasteiger partial charge in [-0.3, -0.25) is 9.89 Å². The van der Waals surface area contributed by atoms with Gasteiger partial charge in [0.15, 0.2) is 5.82 Å². The Morgan fingerprint density at radius 3 is 3.00 bits per heavy atom. The third kappa shape index (κ3) is 1.94. The molecule has 1 N–H and O–H groups in total. The van der Waals surface area contributed by atoms with Gasteiger partial charge in [0.1, 0.15) is 11.3 Å². The van der Waals surface area contributed by atoms with Crippen LogP contribution in [0.2, 0.25) is 0 Å². The van der Waals surface area contributed by atoms with E-state index in [2.05, 4.69) is 20.2 Å². The topological polar surface area (TPSA) is 71.5 Å². The van der Waals surface area contributed by atoms with Crippen LogP contribution in [0.25, 0.3) is 10.2 Å². The highest BCUT2D eigenvalue weighted by molar-refractivity contribution is 7.18. The van der Waals surface area contributed by atoms with Crippen LogP contribution in [-0.2, 0) is 6.42 Å². The molecule has 0 saturated carbocycles. The summed E-state index contributed by atoms with van der Waals surface area (Å²) in [5, 5.41) is 7.01. The molecule has 0 aliphatic carbocycles. The van der Waals surface area contributed by atoms with E-state index in [4.69, 9.17) is 0 Å². The molecule has 3 aromatic rings. The molecule has 0 spiro atoms. The van der Waals surface area contributed by atoms with Crippen LogP contribution in [0.1, 0.15) is 15.6 Å². The van der Waals surface area contributed by atoms with E-state index in [1.807, 2.05) is 24.3 Å². The minimum absolute atomic E-state index is 0.0958. The zero-order valence-electron chi connectivity index (χ0n) is 8.75. The number of benzene rings is 1. The van der Waals surface area contributed by atoms with Crippen molar-refractivity contribution < 1.29 is 4.79 Å². The highest BCUT2D eigenvalue weighted by atomic mass is 32.1. The number of nitrogens with zero attached hydrogens (tertiary/aromatic N) is 3. The number of para-hydroxylation sites is 1. The highest BCUT2D eigenvalue weighted by Gasteiger charge is 2.12. The second-order valence-corrected chi connectivity index (χ2v) is 4.62. The fraction of sp³-hybridized carbons (Fsp3) is 0.0909. The Balaban J connectivity index is 1.88. The predicted octanol–water partition coefficient (Wildman–Crippen LogP) is 1.84. The van der Waals surface area contributed by atoms with Gasteiger partial charge in [0.05, 0.1) is 16.6 Å². The molecule has 0 radical (unpaired) electrons. The van der Waals surface area contributed by atoms with E-state index in [9.17, 15) is 4.79 Å². The van der Waals surface area contributed by atoms with Crippen molar-refractivity contribution in [3.8, 4) is 0 Å². The Labute approximate surface area is 101 Å². The van der Waals surface area contributed by atoms with E-state index >= 15 is 0 Å². The summed E-state index contributed by atoms with van der Waals surface area (Å²) in [6.45, 7) is 0. The van der Waals surface area contributed by atoms with Gasteiger partial charge in [-0.2, -0.15) is 5.10 Å². The Hall–Kier alpha value is -2.08. The molecule has 0 unspecified atom stereocenters. The summed E-state index contributed by atoms with van der Waals surface area (Å²) >= 11 is 1.53. The molecule has 6 heteroatoms. The molecular formula is C11H8N4OS. The van der Waals surface area contributed by atoms with Gasteiger partial charge in [0.25, 0.3) is 0 Å². The van der Waals surface area contributed by atoms with E-state index in [1.165, 1.54) is 17.7 Å². The lowest BCUT2D eigenvalue weighted by Gasteiger charge is -1.91. The van der Waals surface area contributed by atoms with Crippen molar-refractivity contribution in [2.24, 2.45) is 0 Å². The second kappa shape index (κ2) is 4.06. The molecule has 1 aromatic carbocycles. The number of carbonyl (C=O) groups is 1. The van der Waals surface area contributed by atoms with Crippen molar-refractivity contribution in [1.29, 1.82) is 0 Å². The van der Waals surface area contributed by atoms with Crippen molar-refractivity contribution >= 4 is 27.3 Å². The summed E-state index contributed by atoms with van der Waals surface area (Å²) in [4.78, 5) is 20.0. The summed E-state index contributed by atoms with van der Waals surface area (Å²) in [5.41, 5.74) is 0.929. The van der Waals surface area contributed by atoms with E-state index in [1.54, 1.807) is 0 Å². The number of nitrogens with one attached hydrogen (secondary N) is 1. The van der Waals surface area contributed by atoms with Crippen LogP contribution in [0.4, 0.5) is 0 Å². The minimum atomic E-state index is -0.0958. The zero-order chi connectivity index (χ0) is 11.7. The van der Waals surface area contributed by atoms with E-state index in [-0.39, 0.29) is 18.0 Å². The van der Waals surface area contributed by atoms with Crippen molar-refractivity contribution in [2.45, 2.75) is 6.42 Å². The van der Waals surface area contributed by atoms with Crippen molar-refractivity contribution in [2.75, 3.05) is 0 Å². The molecule has 2 aromatic heterocycles. The first kappa shape index (κ1) is 10.1. The Kier molecular flexibility index (Phi) is 2.41. The van der Waals surface area contributed by atoms with E-state index < -0.39 is 0 Å². The molecule has 0 atom stereocenters. The quantitative estimate of drug-likeness (QED) is 0.713. The average molecular weight is 244 g/mol. The Morgan fingerprint density at radius 2 is 2.24 bits per heavy atom. The Bertz CT molecular complexity index is 626. The first-order valence-electron chi connectivity index (χ1n) is 5.06. The van der Waals surface area contributed by atoms with Gasteiger partial charge >= 0.3 is 0 Å². The number of aromatic amines is 1. The van der Waals surface area contributed by atoms with Gasteiger partial charge in [0.2, 0.25) is 5.78 Å². The summed E-state index contributed by atoms with van der Waals surface area (Å²) in [6, 6.07) is 7.83. The van der Waals surface area contributed by atoms with Gasteiger partial charge in [-0.25, -0.2) is 9.97 Å². The zero-order valence-corrected chi connectivity index (χ0v) is 9.57. The number of thiazole rings is 1. The maximum Gasteiger partial charge on any atom is 0.206 e. The van der Waals surface area contributed by atoms with Crippen LogP contribution in [0, 0.1) is 0 Å². The van der Waals surface area contributed by atoms with Crippen LogP contribution >= 0.6 is 11.3 Å². The summed E-state index contributed by atoms with van der Waals surface area (Å²) in [7, 11) is 0. The maximum absolute atomic E-state index is 11.8. The van der Waals surface area contributed by atoms with Crippen LogP contribution in [-0.4, -0.2) is 25.9 Å². The van der Waals surface area contributed by atoms with E-state index in [0.717, 1.165) is 15.2 Å². The number of fused-ring (bicyclic) bond motifs is 1. The number of ketones is 1. The summed E-state index contributed by atoms with van der Waals surface area (Å²) in [5.74, 6) is 0.186. The average Bonchev–Trinajstić information content (AvgIpc) is 2.97. The fourth-order valence-electron chi connectivity index (χ4n) is 1.56. The standard InChI is InChI=1S/C11H8N4OS/c16-8(11-12-6-13-15-11)5-10-14-7-3-1-2-4-9(7)17-10/h1-4,6H,5H2,(H,12,13,15). The normalized spacial score (nSPS) is 10.8. The molecule has 84 valence electrons. The lowest BCUT2D eigenvalue weighted by molar-refractivity contribution is 0.0983. The first-order valence-corrected chi connectivity index (χ1v) is 5.87. The van der Waals surface area contributed by atoms with Crippen molar-refractivity contribution in [3.05, 3.63) is 41.4 Å². The van der Waals surface area contributed by atoms with E-state index in [0.29, 0.717) is 0 Å². The van der Waals surface area contributed by atoms with Crippen molar-refractivity contribution in [3.63, 3.8) is 0 Å². The predicted molar refractivity (Wildman–Crippen MR) is 64.0 cm³/mol. The van der Waals surface area contributed by atoms with Gasteiger partial charge < -0.3 is 0 Å². The first-order chi connectivity index (χ1) is 8.33. The van der Waals surface area contributed by atoms with Crippen LogP contribution in [0.3, 0.4) is 0 Å². The number of Topliss-reactive ketones (excluding diaryl/α,β-unsaturated/α-hetero) is 1.